The van der Waals surface area contributed by atoms with Gasteiger partial charge in [-0.25, -0.2) is 0 Å². The highest BCUT2D eigenvalue weighted by molar-refractivity contribution is 6.35. The van der Waals surface area contributed by atoms with Crippen LogP contribution in [0.5, 0.6) is 5.75 Å². The number of para-hydroxylation sites is 1. The third-order valence-electron chi connectivity index (χ3n) is 4.40. The lowest BCUT2D eigenvalue weighted by atomic mass is 10.1. The second-order valence-electron chi connectivity index (χ2n) is 6.25. The fourth-order valence-corrected chi connectivity index (χ4v) is 3.17. The second kappa shape index (κ2) is 8.48. The lowest BCUT2D eigenvalue weighted by Crippen LogP contribution is -2.04. The second-order valence-corrected chi connectivity index (χ2v) is 7.06. The molecule has 134 valence electrons. The van der Waals surface area contributed by atoms with Gasteiger partial charge in [0.15, 0.2) is 0 Å². The summed E-state index contributed by atoms with van der Waals surface area (Å²) in [7, 11) is 0. The van der Waals surface area contributed by atoms with Crippen LogP contribution in [0.25, 0.3) is 0 Å². The molecule has 0 spiro atoms. The Hall–Kier alpha value is -2.16. The molecule has 0 radical (unpaired) electrons. The first-order chi connectivity index (χ1) is 12.5. The van der Waals surface area contributed by atoms with Gasteiger partial charge in [0.1, 0.15) is 12.4 Å². The first-order valence-electron chi connectivity index (χ1n) is 8.49. The van der Waals surface area contributed by atoms with E-state index in [2.05, 4.69) is 43.4 Å². The summed E-state index contributed by atoms with van der Waals surface area (Å²) < 4.78 is 6.01. The first-order valence-corrected chi connectivity index (χ1v) is 9.25. The fraction of sp³-hybridized carbons (Fsp3) is 0.182. The van der Waals surface area contributed by atoms with Crippen LogP contribution < -0.4 is 10.1 Å². The minimum Gasteiger partial charge on any atom is -0.488 e. The van der Waals surface area contributed by atoms with Crippen LogP contribution in [0.15, 0.2) is 60.7 Å². The molecule has 1 N–H and O–H groups in total. The molecule has 26 heavy (non-hydrogen) atoms. The quantitative estimate of drug-likeness (QED) is 0.503. The number of anilines is 1. The summed E-state index contributed by atoms with van der Waals surface area (Å²) in [4.78, 5) is 0. The Balaban J connectivity index is 1.71. The third kappa shape index (κ3) is 4.51. The minimum absolute atomic E-state index is 0.332. The average Bonchev–Trinajstić information content (AvgIpc) is 2.63. The molecule has 0 amide bonds. The van der Waals surface area contributed by atoms with E-state index in [9.17, 15) is 0 Å². The molecule has 0 saturated carbocycles. The van der Waals surface area contributed by atoms with Crippen molar-refractivity contribution < 1.29 is 4.74 Å². The molecule has 0 saturated heterocycles. The number of hydrogen-bond acceptors (Lipinski definition) is 2. The van der Waals surface area contributed by atoms with Gasteiger partial charge in [0.25, 0.3) is 0 Å². The van der Waals surface area contributed by atoms with E-state index in [0.29, 0.717) is 23.2 Å². The summed E-state index contributed by atoms with van der Waals surface area (Å²) >= 11 is 12.5. The molecule has 3 aromatic carbocycles. The van der Waals surface area contributed by atoms with Crippen molar-refractivity contribution in [3.63, 3.8) is 0 Å². The van der Waals surface area contributed by atoms with Gasteiger partial charge >= 0.3 is 0 Å². The van der Waals surface area contributed by atoms with Gasteiger partial charge in [0.05, 0.1) is 0 Å². The molecule has 0 bridgehead atoms. The molecule has 4 heteroatoms. The molecule has 0 unspecified atom stereocenters. The summed E-state index contributed by atoms with van der Waals surface area (Å²) in [5.41, 5.74) is 5.53. The van der Waals surface area contributed by atoms with Gasteiger partial charge in [-0.15, -0.1) is 0 Å². The number of halogens is 2. The van der Waals surface area contributed by atoms with E-state index in [0.717, 1.165) is 22.6 Å². The Bertz CT molecular complexity index is 888. The highest BCUT2D eigenvalue weighted by Crippen LogP contribution is 2.27. The number of nitrogens with one attached hydrogen (secondary N) is 1. The first kappa shape index (κ1) is 18.6. The van der Waals surface area contributed by atoms with Gasteiger partial charge in [-0.3, -0.25) is 0 Å². The van der Waals surface area contributed by atoms with E-state index in [4.69, 9.17) is 27.9 Å². The molecule has 0 aliphatic carbocycles. The van der Waals surface area contributed by atoms with Crippen molar-refractivity contribution in [3.8, 4) is 5.75 Å². The molecule has 2 nitrogen and oxygen atoms in total. The SMILES string of the molecule is Cc1ccc(NCc2ccccc2OCc2c(Cl)cccc2Cl)cc1C. The van der Waals surface area contributed by atoms with Gasteiger partial charge in [-0.1, -0.05) is 53.5 Å². The van der Waals surface area contributed by atoms with Crippen molar-refractivity contribution in [1.82, 2.24) is 0 Å². The topological polar surface area (TPSA) is 21.3 Å². The van der Waals surface area contributed by atoms with Crippen molar-refractivity contribution in [2.75, 3.05) is 5.32 Å². The van der Waals surface area contributed by atoms with Crippen molar-refractivity contribution in [2.24, 2.45) is 0 Å². The van der Waals surface area contributed by atoms with E-state index in [1.807, 2.05) is 36.4 Å². The van der Waals surface area contributed by atoms with Gasteiger partial charge in [0, 0.05) is 33.4 Å². The molecule has 0 aromatic heterocycles. The summed E-state index contributed by atoms with van der Waals surface area (Å²) in [6.45, 7) is 5.24. The summed E-state index contributed by atoms with van der Waals surface area (Å²) in [6.07, 6.45) is 0. The van der Waals surface area contributed by atoms with Crippen molar-refractivity contribution >= 4 is 28.9 Å². The van der Waals surface area contributed by atoms with Crippen LogP contribution in [-0.2, 0) is 13.2 Å². The standard InChI is InChI=1S/C22H21Cl2NO/c1-15-10-11-18(12-16(15)2)25-13-17-6-3-4-9-22(17)26-14-19-20(23)7-5-8-21(19)24/h3-12,25H,13-14H2,1-2H3. The third-order valence-corrected chi connectivity index (χ3v) is 5.10. The Morgan fingerprint density at radius 2 is 1.58 bits per heavy atom. The maximum absolute atomic E-state index is 6.23. The molecule has 0 aliphatic rings. The molecule has 0 fully saturated rings. The zero-order valence-corrected chi connectivity index (χ0v) is 16.4. The lowest BCUT2D eigenvalue weighted by molar-refractivity contribution is 0.303. The van der Waals surface area contributed by atoms with Gasteiger partial charge < -0.3 is 10.1 Å². The smallest absolute Gasteiger partial charge is 0.124 e. The van der Waals surface area contributed by atoms with Gasteiger partial charge in [0.2, 0.25) is 0 Å². The highest BCUT2D eigenvalue weighted by Gasteiger charge is 2.09. The van der Waals surface area contributed by atoms with Crippen LogP contribution in [0.1, 0.15) is 22.3 Å². The maximum atomic E-state index is 6.23. The maximum Gasteiger partial charge on any atom is 0.124 e. The van der Waals surface area contributed by atoms with E-state index in [1.54, 1.807) is 0 Å². The predicted octanol–water partition coefficient (Wildman–Crippen LogP) is 6.80. The molecule has 0 atom stereocenters. The van der Waals surface area contributed by atoms with Gasteiger partial charge in [-0.2, -0.15) is 0 Å². The Labute approximate surface area is 164 Å². The zero-order chi connectivity index (χ0) is 18.5. The number of ether oxygens (including phenoxy) is 1. The average molecular weight is 386 g/mol. The Morgan fingerprint density at radius 1 is 0.846 bits per heavy atom. The molecular weight excluding hydrogens is 365 g/mol. The van der Waals surface area contributed by atoms with Crippen molar-refractivity contribution in [3.05, 3.63) is 93.0 Å². The highest BCUT2D eigenvalue weighted by atomic mass is 35.5. The molecule has 0 heterocycles. The lowest BCUT2D eigenvalue weighted by Gasteiger charge is -2.14. The van der Waals surface area contributed by atoms with E-state index in [-0.39, 0.29) is 0 Å². The fourth-order valence-electron chi connectivity index (χ4n) is 2.66. The largest absolute Gasteiger partial charge is 0.488 e. The summed E-state index contributed by atoms with van der Waals surface area (Å²) in [6, 6.07) is 19.8. The molecule has 0 aliphatic heterocycles. The molecule has 3 aromatic rings. The van der Waals surface area contributed by atoms with E-state index in [1.165, 1.54) is 11.1 Å². The van der Waals surface area contributed by atoms with Crippen LogP contribution in [0, 0.1) is 13.8 Å². The van der Waals surface area contributed by atoms with Crippen LogP contribution >= 0.6 is 23.2 Å². The number of aryl methyl sites for hydroxylation is 2. The van der Waals surface area contributed by atoms with E-state index < -0.39 is 0 Å². The molecular formula is C22H21Cl2NO. The van der Waals surface area contributed by atoms with Crippen LogP contribution in [0.4, 0.5) is 5.69 Å². The Kier molecular flexibility index (Phi) is 6.08. The van der Waals surface area contributed by atoms with Gasteiger partial charge in [-0.05, 0) is 55.3 Å². The van der Waals surface area contributed by atoms with E-state index >= 15 is 0 Å². The van der Waals surface area contributed by atoms with Crippen LogP contribution in [0.3, 0.4) is 0 Å². The summed E-state index contributed by atoms with van der Waals surface area (Å²) in [5.74, 6) is 0.819. The van der Waals surface area contributed by atoms with Crippen molar-refractivity contribution in [1.29, 1.82) is 0 Å². The zero-order valence-electron chi connectivity index (χ0n) is 14.9. The summed E-state index contributed by atoms with van der Waals surface area (Å²) in [5, 5.41) is 4.69. The van der Waals surface area contributed by atoms with Crippen LogP contribution in [-0.4, -0.2) is 0 Å². The van der Waals surface area contributed by atoms with Crippen molar-refractivity contribution in [2.45, 2.75) is 27.0 Å². The van der Waals surface area contributed by atoms with Crippen LogP contribution in [0.2, 0.25) is 10.0 Å². The number of rotatable bonds is 6. The Morgan fingerprint density at radius 3 is 2.31 bits per heavy atom. The number of benzene rings is 3. The monoisotopic (exact) mass is 385 g/mol. The predicted molar refractivity (Wildman–Crippen MR) is 110 cm³/mol. The molecule has 3 rings (SSSR count). The number of hydrogen-bond donors (Lipinski definition) is 1. The normalized spacial score (nSPS) is 10.6. The minimum atomic E-state index is 0.332.